The van der Waals surface area contributed by atoms with Crippen molar-refractivity contribution in [3.05, 3.63) is 41.8 Å². The molecule has 130 valence electrons. The summed E-state index contributed by atoms with van der Waals surface area (Å²) in [6.45, 7) is 4.46. The first kappa shape index (κ1) is 16.9. The molecule has 0 spiro atoms. The van der Waals surface area contributed by atoms with Gasteiger partial charge in [-0.1, -0.05) is 5.16 Å². The standard InChI is InChI=1S/C17H23FN4O2/c1-12(23-2)17-20-16(24-21-17)11-22-9-7-15(8-10-22)19-14-5-3-13(18)4-6-14/h3-6,12,15,19H,7-11H2,1-2H3. The number of benzene rings is 1. The molecule has 1 aromatic carbocycles. The van der Waals surface area contributed by atoms with Gasteiger partial charge in [-0.15, -0.1) is 0 Å². The summed E-state index contributed by atoms with van der Waals surface area (Å²) in [6, 6.07) is 6.91. The summed E-state index contributed by atoms with van der Waals surface area (Å²) in [5, 5.41) is 7.41. The smallest absolute Gasteiger partial charge is 0.240 e. The van der Waals surface area contributed by atoms with Crippen LogP contribution in [0.15, 0.2) is 28.8 Å². The van der Waals surface area contributed by atoms with Crippen LogP contribution >= 0.6 is 0 Å². The van der Waals surface area contributed by atoms with Gasteiger partial charge in [-0.3, -0.25) is 4.90 Å². The van der Waals surface area contributed by atoms with Crippen molar-refractivity contribution >= 4 is 5.69 Å². The van der Waals surface area contributed by atoms with Gasteiger partial charge >= 0.3 is 0 Å². The van der Waals surface area contributed by atoms with Crippen LogP contribution < -0.4 is 5.32 Å². The van der Waals surface area contributed by atoms with E-state index < -0.39 is 0 Å². The van der Waals surface area contributed by atoms with E-state index >= 15 is 0 Å². The minimum absolute atomic E-state index is 0.159. The van der Waals surface area contributed by atoms with Crippen LogP contribution in [0.25, 0.3) is 0 Å². The van der Waals surface area contributed by atoms with E-state index in [0.717, 1.165) is 31.6 Å². The first-order valence-electron chi connectivity index (χ1n) is 8.24. The minimum atomic E-state index is -0.211. The molecule has 0 bridgehead atoms. The Labute approximate surface area is 141 Å². The number of aromatic nitrogens is 2. The van der Waals surface area contributed by atoms with E-state index in [-0.39, 0.29) is 11.9 Å². The molecule has 0 aliphatic carbocycles. The Morgan fingerprint density at radius 3 is 2.71 bits per heavy atom. The van der Waals surface area contributed by atoms with E-state index in [1.54, 1.807) is 19.2 Å². The molecule has 1 aliphatic rings. The maximum absolute atomic E-state index is 12.9. The van der Waals surface area contributed by atoms with Gasteiger partial charge in [-0.05, 0) is 44.0 Å². The lowest BCUT2D eigenvalue weighted by Gasteiger charge is -2.31. The Morgan fingerprint density at radius 1 is 1.33 bits per heavy atom. The van der Waals surface area contributed by atoms with Gasteiger partial charge in [-0.25, -0.2) is 4.39 Å². The largest absolute Gasteiger partial charge is 0.382 e. The molecule has 2 heterocycles. The van der Waals surface area contributed by atoms with Crippen molar-refractivity contribution in [2.75, 3.05) is 25.5 Å². The third kappa shape index (κ3) is 4.30. The molecule has 6 nitrogen and oxygen atoms in total. The van der Waals surface area contributed by atoms with E-state index in [1.807, 2.05) is 6.92 Å². The third-order valence-electron chi connectivity index (χ3n) is 4.36. The van der Waals surface area contributed by atoms with Crippen LogP contribution in [0.4, 0.5) is 10.1 Å². The van der Waals surface area contributed by atoms with Gasteiger partial charge in [0.1, 0.15) is 11.9 Å². The molecule has 1 atom stereocenters. The molecule has 24 heavy (non-hydrogen) atoms. The Bertz CT molecular complexity index is 638. The Hall–Kier alpha value is -1.99. The molecule has 0 radical (unpaired) electrons. The van der Waals surface area contributed by atoms with Crippen LogP contribution in [-0.2, 0) is 11.3 Å². The number of ether oxygens (including phenoxy) is 1. The van der Waals surface area contributed by atoms with Crippen molar-refractivity contribution < 1.29 is 13.7 Å². The monoisotopic (exact) mass is 334 g/mol. The Kier molecular flexibility index (Phi) is 5.42. The van der Waals surface area contributed by atoms with Crippen molar-refractivity contribution in [1.29, 1.82) is 0 Å². The summed E-state index contributed by atoms with van der Waals surface area (Å²) in [5.74, 6) is 0.997. The van der Waals surface area contributed by atoms with Crippen LogP contribution in [0.1, 0.15) is 37.6 Å². The first-order valence-corrected chi connectivity index (χ1v) is 8.24. The highest BCUT2D eigenvalue weighted by Crippen LogP contribution is 2.19. The maximum Gasteiger partial charge on any atom is 0.240 e. The summed E-state index contributed by atoms with van der Waals surface area (Å²) < 4.78 is 23.4. The average molecular weight is 334 g/mol. The molecule has 1 N–H and O–H groups in total. The molecule has 0 amide bonds. The zero-order chi connectivity index (χ0) is 16.9. The molecule has 1 saturated heterocycles. The number of nitrogens with one attached hydrogen (secondary N) is 1. The molecule has 1 aliphatic heterocycles. The SMILES string of the molecule is COC(C)c1noc(CN2CCC(Nc3ccc(F)cc3)CC2)n1. The lowest BCUT2D eigenvalue weighted by molar-refractivity contribution is 0.109. The number of likely N-dealkylation sites (tertiary alicyclic amines) is 1. The molecule has 2 aromatic rings. The second kappa shape index (κ2) is 7.72. The second-order valence-electron chi connectivity index (χ2n) is 6.13. The Morgan fingerprint density at radius 2 is 2.04 bits per heavy atom. The van der Waals surface area contributed by atoms with Crippen molar-refractivity contribution in [3.63, 3.8) is 0 Å². The zero-order valence-electron chi connectivity index (χ0n) is 14.0. The van der Waals surface area contributed by atoms with Crippen LogP contribution in [0.5, 0.6) is 0 Å². The topological polar surface area (TPSA) is 63.4 Å². The second-order valence-corrected chi connectivity index (χ2v) is 6.13. The van der Waals surface area contributed by atoms with Crippen molar-refractivity contribution in [3.8, 4) is 0 Å². The zero-order valence-corrected chi connectivity index (χ0v) is 14.0. The fourth-order valence-electron chi connectivity index (χ4n) is 2.81. The highest BCUT2D eigenvalue weighted by Gasteiger charge is 2.21. The van der Waals surface area contributed by atoms with Gasteiger partial charge in [0.25, 0.3) is 0 Å². The molecular formula is C17H23FN4O2. The predicted octanol–water partition coefficient (Wildman–Crippen LogP) is 2.99. The molecule has 0 saturated carbocycles. The predicted molar refractivity (Wildman–Crippen MR) is 88.0 cm³/mol. The Balaban J connectivity index is 1.46. The van der Waals surface area contributed by atoms with E-state index in [1.165, 1.54) is 12.1 Å². The van der Waals surface area contributed by atoms with Gasteiger partial charge in [-0.2, -0.15) is 4.98 Å². The number of hydrogen-bond acceptors (Lipinski definition) is 6. The minimum Gasteiger partial charge on any atom is -0.382 e. The summed E-state index contributed by atoms with van der Waals surface area (Å²) in [7, 11) is 1.62. The van der Waals surface area contributed by atoms with E-state index in [2.05, 4.69) is 20.4 Å². The fourth-order valence-corrected chi connectivity index (χ4v) is 2.81. The van der Waals surface area contributed by atoms with Gasteiger partial charge in [0, 0.05) is 31.9 Å². The summed E-state index contributed by atoms with van der Waals surface area (Å²) in [4.78, 5) is 6.68. The van der Waals surface area contributed by atoms with Crippen LogP contribution in [0.2, 0.25) is 0 Å². The normalized spacial score (nSPS) is 17.8. The third-order valence-corrected chi connectivity index (χ3v) is 4.36. The van der Waals surface area contributed by atoms with Crippen LogP contribution in [0.3, 0.4) is 0 Å². The molecule has 1 aromatic heterocycles. The number of halogens is 1. The highest BCUT2D eigenvalue weighted by molar-refractivity contribution is 5.43. The number of piperidine rings is 1. The van der Waals surface area contributed by atoms with Crippen molar-refractivity contribution in [2.45, 2.75) is 38.5 Å². The number of rotatable bonds is 6. The van der Waals surface area contributed by atoms with Crippen molar-refractivity contribution in [2.24, 2.45) is 0 Å². The molecule has 1 unspecified atom stereocenters. The lowest BCUT2D eigenvalue weighted by atomic mass is 10.0. The van der Waals surface area contributed by atoms with Gasteiger partial charge in [0.15, 0.2) is 5.82 Å². The molecule has 3 rings (SSSR count). The summed E-state index contributed by atoms with van der Waals surface area (Å²) in [5.41, 5.74) is 0.963. The van der Waals surface area contributed by atoms with Gasteiger partial charge in [0.05, 0.1) is 6.54 Å². The molecule has 7 heteroatoms. The number of nitrogens with zero attached hydrogens (tertiary/aromatic N) is 3. The van der Waals surface area contributed by atoms with Crippen LogP contribution in [-0.4, -0.2) is 41.3 Å². The van der Waals surface area contributed by atoms with E-state index in [9.17, 15) is 4.39 Å². The average Bonchev–Trinajstić information content (AvgIpc) is 3.06. The number of anilines is 1. The summed E-state index contributed by atoms with van der Waals surface area (Å²) >= 11 is 0. The lowest BCUT2D eigenvalue weighted by Crippen LogP contribution is -2.38. The van der Waals surface area contributed by atoms with Crippen molar-refractivity contribution in [1.82, 2.24) is 15.0 Å². The number of methoxy groups -OCH3 is 1. The number of hydrogen-bond donors (Lipinski definition) is 1. The first-order chi connectivity index (χ1) is 11.6. The maximum atomic E-state index is 12.9. The molecular weight excluding hydrogens is 311 g/mol. The quantitative estimate of drug-likeness (QED) is 0.876. The van der Waals surface area contributed by atoms with Crippen LogP contribution in [0, 0.1) is 5.82 Å². The molecule has 1 fully saturated rings. The fraction of sp³-hybridized carbons (Fsp3) is 0.529. The van der Waals surface area contributed by atoms with Gasteiger partial charge < -0.3 is 14.6 Å². The highest BCUT2D eigenvalue weighted by atomic mass is 19.1. The summed E-state index contributed by atoms with van der Waals surface area (Å²) in [6.07, 6.45) is 1.88. The van der Waals surface area contributed by atoms with E-state index in [4.69, 9.17) is 9.26 Å². The van der Waals surface area contributed by atoms with E-state index in [0.29, 0.717) is 24.3 Å². The van der Waals surface area contributed by atoms with Gasteiger partial charge in [0.2, 0.25) is 5.89 Å².